The molecule has 172 valence electrons. The molecule has 5 nitrogen and oxygen atoms in total. The van der Waals surface area contributed by atoms with Crippen LogP contribution in [0.5, 0.6) is 5.75 Å². The quantitative estimate of drug-likeness (QED) is 0.460. The van der Waals surface area contributed by atoms with E-state index in [1.807, 2.05) is 18.4 Å². The van der Waals surface area contributed by atoms with Crippen LogP contribution in [0.1, 0.15) is 33.8 Å². The summed E-state index contributed by atoms with van der Waals surface area (Å²) in [6.45, 7) is 2.92. The summed E-state index contributed by atoms with van der Waals surface area (Å²) < 4.78 is 19.4. The average molecular weight is 487 g/mol. The number of amides is 2. The molecule has 0 radical (unpaired) electrons. The highest BCUT2D eigenvalue weighted by molar-refractivity contribution is 7.10. The third-order valence-corrected chi connectivity index (χ3v) is 6.92. The number of hydrogen-bond acceptors (Lipinski definition) is 4. The molecule has 0 saturated carbocycles. The van der Waals surface area contributed by atoms with E-state index in [2.05, 4.69) is 0 Å². The predicted octanol–water partition coefficient (Wildman–Crippen LogP) is 5.21. The Morgan fingerprint density at radius 1 is 1.21 bits per heavy atom. The van der Waals surface area contributed by atoms with Gasteiger partial charge in [-0.25, -0.2) is 4.39 Å². The van der Waals surface area contributed by atoms with E-state index in [1.54, 1.807) is 52.6 Å². The monoisotopic (exact) mass is 486 g/mol. The predicted molar refractivity (Wildman–Crippen MR) is 127 cm³/mol. The van der Waals surface area contributed by atoms with Gasteiger partial charge in [-0.05, 0) is 60.7 Å². The molecule has 1 aromatic heterocycles. The number of ether oxygens (including phenoxy) is 1. The molecule has 2 amide bonds. The lowest BCUT2D eigenvalue weighted by Gasteiger charge is -2.37. The number of nitrogens with zero attached hydrogens (tertiary/aromatic N) is 2. The second kappa shape index (κ2) is 10.4. The van der Waals surface area contributed by atoms with Crippen LogP contribution in [0.4, 0.5) is 4.39 Å². The van der Waals surface area contributed by atoms with Crippen molar-refractivity contribution in [2.45, 2.75) is 19.4 Å². The van der Waals surface area contributed by atoms with Crippen LogP contribution < -0.4 is 4.74 Å². The van der Waals surface area contributed by atoms with Crippen LogP contribution in [-0.2, 0) is 11.2 Å². The molecule has 0 N–H and O–H groups in total. The van der Waals surface area contributed by atoms with Crippen molar-refractivity contribution in [2.75, 3.05) is 26.2 Å². The molecule has 2 heterocycles. The molecule has 8 heteroatoms. The number of thiophene rings is 1. The fourth-order valence-electron chi connectivity index (χ4n) is 3.99. The third-order valence-electron chi connectivity index (χ3n) is 5.69. The van der Waals surface area contributed by atoms with Crippen LogP contribution in [-0.4, -0.2) is 47.9 Å². The fraction of sp³-hybridized carbons (Fsp3) is 0.280. The van der Waals surface area contributed by atoms with Crippen molar-refractivity contribution < 1.29 is 18.7 Å². The number of rotatable bonds is 7. The van der Waals surface area contributed by atoms with Crippen LogP contribution in [0.3, 0.4) is 0 Å². The van der Waals surface area contributed by atoms with Crippen LogP contribution in [0, 0.1) is 5.82 Å². The van der Waals surface area contributed by atoms with E-state index in [-0.39, 0.29) is 36.8 Å². The molecule has 33 heavy (non-hydrogen) atoms. The highest BCUT2D eigenvalue weighted by Gasteiger charge is 2.33. The normalized spacial score (nSPS) is 15.1. The van der Waals surface area contributed by atoms with Gasteiger partial charge in [-0.2, -0.15) is 0 Å². The molecule has 0 aliphatic carbocycles. The zero-order valence-corrected chi connectivity index (χ0v) is 19.7. The van der Waals surface area contributed by atoms with Crippen molar-refractivity contribution >= 4 is 34.8 Å². The molecular weight excluding hydrogens is 463 g/mol. The maximum absolute atomic E-state index is 13.6. The van der Waals surface area contributed by atoms with E-state index in [0.29, 0.717) is 29.4 Å². The number of carbonyl (C=O) groups excluding carboxylic acids is 2. The Balaban J connectivity index is 1.51. The van der Waals surface area contributed by atoms with E-state index >= 15 is 0 Å². The number of carbonyl (C=O) groups is 2. The zero-order chi connectivity index (χ0) is 23.4. The first-order chi connectivity index (χ1) is 16.0. The molecule has 0 spiro atoms. The van der Waals surface area contributed by atoms with Gasteiger partial charge in [0.05, 0.1) is 6.04 Å². The van der Waals surface area contributed by atoms with Crippen molar-refractivity contribution in [1.29, 1.82) is 0 Å². The third kappa shape index (κ3) is 5.37. The van der Waals surface area contributed by atoms with Gasteiger partial charge in [0.2, 0.25) is 5.91 Å². The molecule has 1 atom stereocenters. The maximum atomic E-state index is 13.6. The molecule has 1 aliphatic heterocycles. The zero-order valence-electron chi connectivity index (χ0n) is 18.2. The summed E-state index contributed by atoms with van der Waals surface area (Å²) in [5, 5.41) is 2.48. The smallest absolute Gasteiger partial charge is 0.254 e. The lowest BCUT2D eigenvalue weighted by Crippen LogP contribution is -2.47. The summed E-state index contributed by atoms with van der Waals surface area (Å²) in [5.41, 5.74) is 1.49. The van der Waals surface area contributed by atoms with Crippen molar-refractivity contribution in [3.05, 3.63) is 86.8 Å². The van der Waals surface area contributed by atoms with Gasteiger partial charge in [-0.3, -0.25) is 9.59 Å². The molecule has 0 fully saturated rings. The number of benzene rings is 2. The summed E-state index contributed by atoms with van der Waals surface area (Å²) in [6.07, 6.45) is 0.754. The molecule has 0 bridgehead atoms. The van der Waals surface area contributed by atoms with Gasteiger partial charge in [0.15, 0.2) is 0 Å². The Morgan fingerprint density at radius 2 is 2.03 bits per heavy atom. The van der Waals surface area contributed by atoms with E-state index in [1.165, 1.54) is 21.9 Å². The molecule has 4 rings (SSSR count). The minimum atomic E-state index is -0.376. The van der Waals surface area contributed by atoms with E-state index < -0.39 is 0 Å². The summed E-state index contributed by atoms with van der Waals surface area (Å²) in [7, 11) is 0. The van der Waals surface area contributed by atoms with E-state index in [4.69, 9.17) is 16.3 Å². The van der Waals surface area contributed by atoms with Crippen LogP contribution in [0.15, 0.2) is 60.0 Å². The Labute approximate surface area is 201 Å². The Kier molecular flexibility index (Phi) is 7.30. The summed E-state index contributed by atoms with van der Waals surface area (Å²) in [4.78, 5) is 30.8. The van der Waals surface area contributed by atoms with Gasteiger partial charge < -0.3 is 14.5 Å². The van der Waals surface area contributed by atoms with Gasteiger partial charge in [0.1, 0.15) is 24.7 Å². The van der Waals surface area contributed by atoms with Crippen molar-refractivity contribution in [3.63, 3.8) is 0 Å². The molecule has 1 unspecified atom stereocenters. The van der Waals surface area contributed by atoms with Crippen LogP contribution in [0.2, 0.25) is 5.02 Å². The van der Waals surface area contributed by atoms with Crippen molar-refractivity contribution in [3.8, 4) is 5.75 Å². The van der Waals surface area contributed by atoms with Crippen molar-refractivity contribution in [2.24, 2.45) is 0 Å². The summed E-state index contributed by atoms with van der Waals surface area (Å²) in [5.74, 6) is -0.361. The second-order valence-corrected chi connectivity index (χ2v) is 9.19. The first kappa shape index (κ1) is 23.3. The molecule has 0 saturated heterocycles. The molecular formula is C25H24ClFN2O3S. The minimum Gasteiger partial charge on any atom is -0.491 e. The highest BCUT2D eigenvalue weighted by atomic mass is 35.5. The van der Waals surface area contributed by atoms with Gasteiger partial charge in [-0.1, -0.05) is 23.7 Å². The fourth-order valence-corrected chi connectivity index (χ4v) is 5.11. The Morgan fingerprint density at radius 3 is 2.79 bits per heavy atom. The van der Waals surface area contributed by atoms with Gasteiger partial charge in [-0.15, -0.1) is 11.3 Å². The Hall–Kier alpha value is -2.90. The minimum absolute atomic E-state index is 0.0439. The Bertz CT molecular complexity index is 1150. The number of fused-ring (bicyclic) bond motifs is 1. The lowest BCUT2D eigenvalue weighted by atomic mass is 10.0. The van der Waals surface area contributed by atoms with Crippen molar-refractivity contribution in [1.82, 2.24) is 9.80 Å². The number of hydrogen-bond donors (Lipinski definition) is 0. The SMILES string of the molecule is CCN(CC(=O)N1CCc2sccc2C1COc1cccc(F)c1)C(=O)c1cccc(Cl)c1. The summed E-state index contributed by atoms with van der Waals surface area (Å²) in [6, 6.07) is 14.4. The standard InChI is InChI=1S/C25H24ClFN2O3S/c1-2-28(25(31)17-5-3-6-18(26)13-17)15-24(30)29-11-9-23-21(10-12-33-23)22(29)16-32-20-8-4-7-19(27)14-20/h3-8,10,12-14,22H,2,9,11,15-16H2,1H3. The topological polar surface area (TPSA) is 49.9 Å². The van der Waals surface area contributed by atoms with Crippen LogP contribution in [0.25, 0.3) is 0 Å². The first-order valence-electron chi connectivity index (χ1n) is 10.7. The van der Waals surface area contributed by atoms with Gasteiger partial charge in [0, 0.05) is 34.6 Å². The number of halogens is 2. The molecule has 2 aromatic carbocycles. The van der Waals surface area contributed by atoms with E-state index in [0.717, 1.165) is 12.0 Å². The lowest BCUT2D eigenvalue weighted by molar-refractivity contribution is -0.135. The number of likely N-dealkylation sites (N-methyl/N-ethyl adjacent to an activating group) is 1. The van der Waals surface area contributed by atoms with E-state index in [9.17, 15) is 14.0 Å². The molecule has 3 aromatic rings. The molecule has 1 aliphatic rings. The van der Waals surface area contributed by atoms with Gasteiger partial charge in [0.25, 0.3) is 5.91 Å². The summed E-state index contributed by atoms with van der Waals surface area (Å²) >= 11 is 7.69. The van der Waals surface area contributed by atoms with Crippen LogP contribution >= 0.6 is 22.9 Å². The average Bonchev–Trinajstić information content (AvgIpc) is 3.29. The first-order valence-corrected chi connectivity index (χ1v) is 12.0. The second-order valence-electron chi connectivity index (χ2n) is 7.75. The van der Waals surface area contributed by atoms with Gasteiger partial charge >= 0.3 is 0 Å². The largest absolute Gasteiger partial charge is 0.491 e. The maximum Gasteiger partial charge on any atom is 0.254 e. The highest BCUT2D eigenvalue weighted by Crippen LogP contribution is 2.34.